The quantitative estimate of drug-likeness (QED) is 0.0553. The number of nitrogens with two attached hydrogens (primary N) is 1. The minimum Gasteiger partial charge on any atom is -0.494 e. The van der Waals surface area contributed by atoms with E-state index in [-0.39, 0.29) is 11.9 Å². The van der Waals surface area contributed by atoms with Gasteiger partial charge in [0.2, 0.25) is 5.91 Å². The molecule has 75 heavy (non-hydrogen) atoms. The second-order valence-corrected chi connectivity index (χ2v) is 23.2. The summed E-state index contributed by atoms with van der Waals surface area (Å²) in [4.78, 5) is 13.7. The van der Waals surface area contributed by atoms with Crippen molar-refractivity contribution in [1.29, 1.82) is 0 Å². The lowest BCUT2D eigenvalue weighted by Crippen LogP contribution is -2.42. The summed E-state index contributed by atoms with van der Waals surface area (Å²) in [7, 11) is 0. The van der Waals surface area contributed by atoms with Crippen molar-refractivity contribution in [2.24, 2.45) is 5.73 Å². The molecule has 0 heterocycles. The standard InChI is InChI=1S/C70H118N2O3/c1-5-7-9-11-13-15-17-19-21-23-25-27-29-31-33-35-37-39-41-43-56-74-66-52-48-64(49-53-66)69(72-70(73)68(71)47-45-46-63-59-61(3)58-62(4)60-63)65-50-54-67(55-51-65)75-57-44-42-40-38-36-34-32-30-28-26-24-22-20-18-16-14-12-10-8-6-2/h48-55,58-60,68-69H,5-47,56-57,71H2,1-4H3,(H,72,73)/t68-/m0/s1. The Balaban J connectivity index is 1.31. The largest absolute Gasteiger partial charge is 0.494 e. The average molecular weight is 1040 g/mol. The van der Waals surface area contributed by atoms with Crippen LogP contribution in [0.15, 0.2) is 66.7 Å². The Bertz CT molecular complexity index is 1630. The van der Waals surface area contributed by atoms with Crippen LogP contribution in [0.3, 0.4) is 0 Å². The smallest absolute Gasteiger partial charge is 0.237 e. The van der Waals surface area contributed by atoms with Gasteiger partial charge in [-0.2, -0.15) is 0 Å². The number of hydrogen-bond donors (Lipinski definition) is 2. The second kappa shape index (κ2) is 46.8. The zero-order valence-electron chi connectivity index (χ0n) is 49.6. The summed E-state index contributed by atoms with van der Waals surface area (Å²) in [5.41, 5.74) is 12.4. The van der Waals surface area contributed by atoms with E-state index in [2.05, 4.69) is 75.5 Å². The van der Waals surface area contributed by atoms with Crippen LogP contribution in [0.2, 0.25) is 0 Å². The van der Waals surface area contributed by atoms with Gasteiger partial charge in [0, 0.05) is 0 Å². The predicted molar refractivity (Wildman–Crippen MR) is 327 cm³/mol. The predicted octanol–water partition coefficient (Wildman–Crippen LogP) is 21.3. The summed E-state index contributed by atoms with van der Waals surface area (Å²) in [5.74, 6) is 1.62. The van der Waals surface area contributed by atoms with Gasteiger partial charge >= 0.3 is 0 Å². The number of rotatable bonds is 52. The number of unbranched alkanes of at least 4 members (excludes halogenated alkanes) is 38. The third-order valence-corrected chi connectivity index (χ3v) is 15.8. The van der Waals surface area contributed by atoms with Crippen molar-refractivity contribution in [3.05, 3.63) is 94.5 Å². The highest BCUT2D eigenvalue weighted by atomic mass is 16.5. The third-order valence-electron chi connectivity index (χ3n) is 15.8. The number of ether oxygens (including phenoxy) is 2. The molecule has 1 atom stereocenters. The second-order valence-electron chi connectivity index (χ2n) is 23.2. The number of carbonyl (C=O) groups is 1. The van der Waals surface area contributed by atoms with Gasteiger partial charge in [0.1, 0.15) is 11.5 Å². The Morgan fingerprint density at radius 1 is 0.400 bits per heavy atom. The lowest BCUT2D eigenvalue weighted by atomic mass is 9.97. The maximum absolute atomic E-state index is 13.7. The van der Waals surface area contributed by atoms with Gasteiger partial charge in [0.05, 0.1) is 25.3 Å². The lowest BCUT2D eigenvalue weighted by Gasteiger charge is -2.23. The highest BCUT2D eigenvalue weighted by molar-refractivity contribution is 5.82. The zero-order chi connectivity index (χ0) is 53.5. The van der Waals surface area contributed by atoms with Gasteiger partial charge < -0.3 is 20.5 Å². The van der Waals surface area contributed by atoms with E-state index in [1.54, 1.807) is 0 Å². The molecule has 0 aliphatic rings. The van der Waals surface area contributed by atoms with Crippen LogP contribution in [0.4, 0.5) is 0 Å². The van der Waals surface area contributed by atoms with Crippen molar-refractivity contribution < 1.29 is 14.3 Å². The van der Waals surface area contributed by atoms with E-state index in [4.69, 9.17) is 15.2 Å². The molecule has 0 spiro atoms. The van der Waals surface area contributed by atoms with E-state index in [1.165, 1.54) is 261 Å². The van der Waals surface area contributed by atoms with E-state index in [9.17, 15) is 4.79 Å². The Morgan fingerprint density at radius 2 is 0.680 bits per heavy atom. The van der Waals surface area contributed by atoms with Crippen LogP contribution in [0.5, 0.6) is 11.5 Å². The maximum atomic E-state index is 13.7. The summed E-state index contributed by atoms with van der Waals surface area (Å²) < 4.78 is 12.4. The molecular formula is C70H118N2O3. The van der Waals surface area contributed by atoms with Crippen molar-refractivity contribution in [2.75, 3.05) is 13.2 Å². The summed E-state index contributed by atoms with van der Waals surface area (Å²) in [6.07, 6.45) is 57.8. The lowest BCUT2D eigenvalue weighted by molar-refractivity contribution is -0.123. The fourth-order valence-electron chi connectivity index (χ4n) is 11.1. The van der Waals surface area contributed by atoms with E-state index < -0.39 is 6.04 Å². The molecule has 3 N–H and O–H groups in total. The number of aryl methyl sites for hydroxylation is 3. The van der Waals surface area contributed by atoms with Crippen molar-refractivity contribution in [1.82, 2.24) is 5.32 Å². The molecule has 0 saturated heterocycles. The van der Waals surface area contributed by atoms with Crippen LogP contribution in [0.25, 0.3) is 0 Å². The monoisotopic (exact) mass is 1030 g/mol. The highest BCUT2D eigenvalue weighted by Gasteiger charge is 2.21. The summed E-state index contributed by atoms with van der Waals surface area (Å²) in [6, 6.07) is 22.3. The first-order valence-corrected chi connectivity index (χ1v) is 32.5. The van der Waals surface area contributed by atoms with Crippen LogP contribution in [0.1, 0.15) is 317 Å². The molecule has 0 saturated carbocycles. The number of benzene rings is 3. The topological polar surface area (TPSA) is 73.6 Å². The first kappa shape index (κ1) is 66.0. The van der Waals surface area contributed by atoms with Gasteiger partial charge in [-0.3, -0.25) is 4.79 Å². The first-order chi connectivity index (χ1) is 36.9. The van der Waals surface area contributed by atoms with Crippen LogP contribution in [-0.4, -0.2) is 25.2 Å². The highest BCUT2D eigenvalue weighted by Crippen LogP contribution is 2.27. The van der Waals surface area contributed by atoms with Crippen molar-refractivity contribution in [2.45, 2.75) is 316 Å². The SMILES string of the molecule is CCCCCCCCCCCCCCCCCCCCCCOc1ccc(C(NC(=O)[C@@H](N)CCCc2cc(C)cc(C)c2)c2ccc(OCCCCCCCCCCCCCCCCCCCCCC)cc2)cc1. The van der Waals surface area contributed by atoms with Crippen LogP contribution in [-0.2, 0) is 11.2 Å². The molecule has 0 radical (unpaired) electrons. The normalized spacial score (nSPS) is 11.9. The van der Waals surface area contributed by atoms with Crippen molar-refractivity contribution >= 4 is 5.91 Å². The fraction of sp³-hybridized carbons (Fsp3) is 0.729. The molecule has 0 unspecified atom stereocenters. The Morgan fingerprint density at radius 3 is 0.973 bits per heavy atom. The Hall–Kier alpha value is -3.31. The van der Waals surface area contributed by atoms with Crippen LogP contribution >= 0.6 is 0 Å². The van der Waals surface area contributed by atoms with Gasteiger partial charge in [-0.1, -0.05) is 311 Å². The molecule has 0 aliphatic carbocycles. The van der Waals surface area contributed by atoms with E-state index in [1.807, 2.05) is 24.3 Å². The van der Waals surface area contributed by atoms with E-state index >= 15 is 0 Å². The molecule has 0 fully saturated rings. The van der Waals surface area contributed by atoms with Crippen molar-refractivity contribution in [3.8, 4) is 11.5 Å². The van der Waals surface area contributed by atoms with Gasteiger partial charge in [0.25, 0.3) is 0 Å². The summed E-state index contributed by atoms with van der Waals surface area (Å²) in [5, 5.41) is 3.33. The zero-order valence-corrected chi connectivity index (χ0v) is 49.6. The average Bonchev–Trinajstić information content (AvgIpc) is 3.41. The van der Waals surface area contributed by atoms with Crippen molar-refractivity contribution in [3.63, 3.8) is 0 Å². The van der Waals surface area contributed by atoms with Crippen LogP contribution < -0.4 is 20.5 Å². The molecule has 3 rings (SSSR count). The van der Waals surface area contributed by atoms with Gasteiger partial charge in [-0.05, 0) is 86.9 Å². The molecule has 0 aromatic heterocycles. The molecule has 1 amide bonds. The number of carbonyl (C=O) groups excluding carboxylic acids is 1. The first-order valence-electron chi connectivity index (χ1n) is 32.5. The summed E-state index contributed by atoms with van der Waals surface area (Å²) >= 11 is 0. The van der Waals surface area contributed by atoms with Crippen LogP contribution in [0, 0.1) is 13.8 Å². The third kappa shape index (κ3) is 35.7. The molecule has 3 aromatic carbocycles. The van der Waals surface area contributed by atoms with Gasteiger partial charge in [-0.25, -0.2) is 0 Å². The summed E-state index contributed by atoms with van der Waals surface area (Å²) in [6.45, 7) is 10.3. The Labute approximate surface area is 464 Å². The molecule has 5 heteroatoms. The molecule has 0 aliphatic heterocycles. The number of hydrogen-bond acceptors (Lipinski definition) is 4. The number of nitrogens with one attached hydrogen (secondary N) is 1. The van der Waals surface area contributed by atoms with Gasteiger partial charge in [-0.15, -0.1) is 0 Å². The molecule has 3 aromatic rings. The van der Waals surface area contributed by atoms with E-state index in [0.717, 1.165) is 61.5 Å². The Kier molecular flexibility index (Phi) is 41.1. The fourth-order valence-corrected chi connectivity index (χ4v) is 11.1. The molecule has 426 valence electrons. The van der Waals surface area contributed by atoms with E-state index in [0.29, 0.717) is 6.42 Å². The molecule has 5 nitrogen and oxygen atoms in total. The maximum Gasteiger partial charge on any atom is 0.237 e. The molecule has 0 bridgehead atoms. The van der Waals surface area contributed by atoms with Gasteiger partial charge in [0.15, 0.2) is 0 Å². The minimum atomic E-state index is -0.586. The number of amides is 1. The molecular weight excluding hydrogens is 917 g/mol. The minimum absolute atomic E-state index is 0.125.